The number of nitrogens with zero attached hydrogens (tertiary/aromatic N) is 2. The Hall–Kier alpha value is -2.78. The minimum Gasteiger partial charge on any atom is -0.489 e. The highest BCUT2D eigenvalue weighted by atomic mass is 16.5. The second-order valence-corrected chi connectivity index (χ2v) is 4.77. The van der Waals surface area contributed by atoms with E-state index in [1.165, 1.54) is 0 Å². The first-order valence-electron chi connectivity index (χ1n) is 6.84. The number of hydrogen-bond acceptors (Lipinski definition) is 3. The van der Waals surface area contributed by atoms with Crippen molar-refractivity contribution in [3.05, 3.63) is 65.7 Å². The molecule has 3 heteroatoms. The molecule has 0 heterocycles. The van der Waals surface area contributed by atoms with Gasteiger partial charge in [0.25, 0.3) is 0 Å². The Labute approximate surface area is 125 Å². The Morgan fingerprint density at radius 2 is 1.62 bits per heavy atom. The van der Waals surface area contributed by atoms with Gasteiger partial charge in [0.15, 0.2) is 0 Å². The topological polar surface area (TPSA) is 56.8 Å². The van der Waals surface area contributed by atoms with Crippen molar-refractivity contribution in [2.24, 2.45) is 0 Å². The molecule has 0 aliphatic heterocycles. The maximum absolute atomic E-state index is 8.86. The molecular formula is C18H16N2O. The van der Waals surface area contributed by atoms with Crippen LogP contribution in [0.2, 0.25) is 0 Å². The lowest BCUT2D eigenvalue weighted by atomic mass is 9.93. The Balaban J connectivity index is 2.07. The van der Waals surface area contributed by atoms with Crippen LogP contribution < -0.4 is 4.74 Å². The van der Waals surface area contributed by atoms with Crippen LogP contribution in [-0.4, -0.2) is 0 Å². The van der Waals surface area contributed by atoms with E-state index in [1.54, 1.807) is 0 Å². The molecule has 0 aromatic heterocycles. The summed E-state index contributed by atoms with van der Waals surface area (Å²) in [6, 6.07) is 21.9. The number of nitriles is 2. The van der Waals surface area contributed by atoms with Crippen LogP contribution in [0.5, 0.6) is 5.75 Å². The van der Waals surface area contributed by atoms with Crippen molar-refractivity contribution < 1.29 is 4.74 Å². The van der Waals surface area contributed by atoms with Gasteiger partial charge in [-0.1, -0.05) is 42.5 Å². The second-order valence-electron chi connectivity index (χ2n) is 4.77. The van der Waals surface area contributed by atoms with Crippen LogP contribution in [0.4, 0.5) is 0 Å². The predicted octanol–water partition coefficient (Wildman–Crippen LogP) is 4.18. The Kier molecular flexibility index (Phi) is 5.38. The number of hydrogen-bond donors (Lipinski definition) is 0. The third kappa shape index (κ3) is 4.37. The summed E-state index contributed by atoms with van der Waals surface area (Å²) in [4.78, 5) is 0. The van der Waals surface area contributed by atoms with E-state index in [1.807, 2.05) is 54.6 Å². The van der Waals surface area contributed by atoms with Crippen LogP contribution in [-0.2, 0) is 6.61 Å². The molecule has 0 bridgehead atoms. The van der Waals surface area contributed by atoms with Gasteiger partial charge in [0.1, 0.15) is 12.4 Å². The second kappa shape index (κ2) is 7.72. The lowest BCUT2D eigenvalue weighted by molar-refractivity contribution is 0.305. The molecule has 0 aliphatic rings. The van der Waals surface area contributed by atoms with Gasteiger partial charge in [0.2, 0.25) is 0 Å². The zero-order chi connectivity index (χ0) is 14.9. The molecule has 3 nitrogen and oxygen atoms in total. The molecule has 0 N–H and O–H groups in total. The summed E-state index contributed by atoms with van der Waals surface area (Å²) in [5, 5.41) is 17.7. The first-order chi connectivity index (χ1) is 10.3. The maximum Gasteiger partial charge on any atom is 0.120 e. The molecule has 0 amide bonds. The third-order valence-electron chi connectivity index (χ3n) is 3.25. The Morgan fingerprint density at radius 1 is 0.905 bits per heavy atom. The van der Waals surface area contributed by atoms with Crippen molar-refractivity contribution in [3.8, 4) is 17.9 Å². The van der Waals surface area contributed by atoms with E-state index in [2.05, 4.69) is 12.1 Å². The zero-order valence-corrected chi connectivity index (χ0v) is 11.7. The Bertz CT molecular complexity index is 637. The van der Waals surface area contributed by atoms with Gasteiger partial charge in [-0.2, -0.15) is 10.5 Å². The van der Waals surface area contributed by atoms with Gasteiger partial charge >= 0.3 is 0 Å². The highest BCUT2D eigenvalue weighted by molar-refractivity contribution is 5.32. The molecule has 0 saturated heterocycles. The van der Waals surface area contributed by atoms with Gasteiger partial charge in [0, 0.05) is 18.8 Å². The normalized spacial score (nSPS) is 9.86. The molecule has 0 atom stereocenters. The highest BCUT2D eigenvalue weighted by Crippen LogP contribution is 2.26. The van der Waals surface area contributed by atoms with Crippen LogP contribution in [0.3, 0.4) is 0 Å². The van der Waals surface area contributed by atoms with Crippen molar-refractivity contribution in [1.82, 2.24) is 0 Å². The van der Waals surface area contributed by atoms with Crippen molar-refractivity contribution in [1.29, 1.82) is 10.5 Å². The number of rotatable bonds is 6. The fraction of sp³-hybridized carbons (Fsp3) is 0.222. The molecule has 0 saturated carbocycles. The minimum absolute atomic E-state index is 0.0553. The first-order valence-corrected chi connectivity index (χ1v) is 6.84. The van der Waals surface area contributed by atoms with E-state index in [4.69, 9.17) is 15.3 Å². The molecule has 0 spiro atoms. The predicted molar refractivity (Wildman–Crippen MR) is 80.4 cm³/mol. The van der Waals surface area contributed by atoms with Crippen molar-refractivity contribution in [2.45, 2.75) is 25.4 Å². The van der Waals surface area contributed by atoms with Gasteiger partial charge in [-0.25, -0.2) is 0 Å². The maximum atomic E-state index is 8.86. The molecule has 2 aromatic rings. The van der Waals surface area contributed by atoms with Crippen molar-refractivity contribution in [3.63, 3.8) is 0 Å². The van der Waals surface area contributed by atoms with Gasteiger partial charge < -0.3 is 4.74 Å². The third-order valence-corrected chi connectivity index (χ3v) is 3.25. The molecule has 0 radical (unpaired) electrons. The van der Waals surface area contributed by atoms with E-state index >= 15 is 0 Å². The quantitative estimate of drug-likeness (QED) is 0.795. The molecule has 0 aliphatic carbocycles. The smallest absolute Gasteiger partial charge is 0.120 e. The fourth-order valence-corrected chi connectivity index (χ4v) is 2.13. The summed E-state index contributed by atoms with van der Waals surface area (Å²) in [5.74, 6) is 0.706. The molecule has 21 heavy (non-hydrogen) atoms. The fourth-order valence-electron chi connectivity index (χ4n) is 2.13. The van der Waals surface area contributed by atoms with Gasteiger partial charge in [-0.3, -0.25) is 0 Å². The molecule has 2 aromatic carbocycles. The van der Waals surface area contributed by atoms with Gasteiger partial charge in [-0.15, -0.1) is 0 Å². The van der Waals surface area contributed by atoms with Crippen molar-refractivity contribution >= 4 is 0 Å². The number of benzene rings is 2. The summed E-state index contributed by atoms with van der Waals surface area (Å²) in [5.41, 5.74) is 2.08. The standard InChI is InChI=1S/C18H16N2O/c19-11-9-16(10-12-20)17-7-4-8-18(13-17)21-14-15-5-2-1-3-6-15/h1-8,13,16H,9-10,14H2. The van der Waals surface area contributed by atoms with Crippen LogP contribution in [0.1, 0.15) is 29.9 Å². The van der Waals surface area contributed by atoms with Crippen LogP contribution >= 0.6 is 0 Å². The SMILES string of the molecule is N#CCC(CC#N)c1cccc(OCc2ccccc2)c1. The van der Waals surface area contributed by atoms with E-state index < -0.39 is 0 Å². The lowest BCUT2D eigenvalue weighted by Gasteiger charge is -2.12. The van der Waals surface area contributed by atoms with E-state index in [9.17, 15) is 0 Å². The first kappa shape index (κ1) is 14.6. The summed E-state index contributed by atoms with van der Waals surface area (Å²) in [6.07, 6.45) is 0.686. The monoisotopic (exact) mass is 276 g/mol. The summed E-state index contributed by atoms with van der Waals surface area (Å²) in [7, 11) is 0. The molecular weight excluding hydrogens is 260 g/mol. The van der Waals surface area contributed by atoms with Crippen molar-refractivity contribution in [2.75, 3.05) is 0 Å². The average Bonchev–Trinajstić information content (AvgIpc) is 2.54. The average molecular weight is 276 g/mol. The van der Waals surface area contributed by atoms with E-state index in [0.29, 0.717) is 19.4 Å². The summed E-state index contributed by atoms with van der Waals surface area (Å²) in [6.45, 7) is 0.505. The van der Waals surface area contributed by atoms with Crippen LogP contribution in [0.25, 0.3) is 0 Å². The van der Waals surface area contributed by atoms with Gasteiger partial charge in [-0.05, 0) is 23.3 Å². The molecule has 0 unspecified atom stereocenters. The summed E-state index contributed by atoms with van der Waals surface area (Å²) < 4.78 is 5.77. The minimum atomic E-state index is -0.0553. The molecule has 0 fully saturated rings. The van der Waals surface area contributed by atoms with E-state index in [0.717, 1.165) is 16.9 Å². The molecule has 2 rings (SSSR count). The van der Waals surface area contributed by atoms with Gasteiger partial charge in [0.05, 0.1) is 12.1 Å². The Morgan fingerprint density at radius 3 is 2.29 bits per heavy atom. The highest BCUT2D eigenvalue weighted by Gasteiger charge is 2.11. The lowest BCUT2D eigenvalue weighted by Crippen LogP contribution is -1.99. The number of ether oxygens (including phenoxy) is 1. The van der Waals surface area contributed by atoms with Crippen LogP contribution in [0, 0.1) is 22.7 Å². The molecule has 104 valence electrons. The van der Waals surface area contributed by atoms with Crippen LogP contribution in [0.15, 0.2) is 54.6 Å². The largest absolute Gasteiger partial charge is 0.489 e. The zero-order valence-electron chi connectivity index (χ0n) is 11.7. The van der Waals surface area contributed by atoms with E-state index in [-0.39, 0.29) is 5.92 Å². The summed E-state index contributed by atoms with van der Waals surface area (Å²) >= 11 is 0.